The van der Waals surface area contributed by atoms with E-state index in [1.54, 1.807) is 17.0 Å². The number of pyridine rings is 1. The Hall–Kier alpha value is -2.11. The van der Waals surface area contributed by atoms with Crippen LogP contribution in [0.1, 0.15) is 10.4 Å². The molecule has 0 fully saturated rings. The number of nitrogens with zero attached hydrogens (tertiary/aromatic N) is 2. The minimum atomic E-state index is -1.08. The molecule has 0 spiro atoms. The Labute approximate surface area is 92.9 Å². The van der Waals surface area contributed by atoms with E-state index in [4.69, 9.17) is 5.11 Å². The van der Waals surface area contributed by atoms with Gasteiger partial charge in [-0.2, -0.15) is 0 Å². The van der Waals surface area contributed by atoms with Gasteiger partial charge in [-0.15, -0.1) is 0 Å². The quantitative estimate of drug-likeness (QED) is 0.748. The molecule has 0 saturated heterocycles. The van der Waals surface area contributed by atoms with Crippen molar-refractivity contribution in [3.8, 4) is 0 Å². The number of carbonyl (C=O) groups excluding carboxylic acids is 1. The van der Waals surface area contributed by atoms with Crippen molar-refractivity contribution >= 4 is 17.7 Å². The lowest BCUT2D eigenvalue weighted by Crippen LogP contribution is -2.29. The predicted molar refractivity (Wildman–Crippen MR) is 58.5 cm³/mol. The molecule has 0 aromatic carbocycles. The highest BCUT2D eigenvalue weighted by Crippen LogP contribution is 2.07. The van der Waals surface area contributed by atoms with Crippen LogP contribution in [0, 0.1) is 0 Å². The monoisotopic (exact) mass is 223 g/mol. The highest BCUT2D eigenvalue weighted by atomic mass is 16.4. The summed E-state index contributed by atoms with van der Waals surface area (Å²) in [5, 5.41) is 10.6. The molecule has 1 aromatic heterocycles. The molecule has 2 N–H and O–H groups in total. The number of anilines is 1. The molecule has 0 aliphatic carbocycles. The lowest BCUT2D eigenvalue weighted by atomic mass is 10.2. The molecule has 86 valence electrons. The Kier molecular flexibility index (Phi) is 3.82. The molecule has 16 heavy (non-hydrogen) atoms. The SMILES string of the molecule is CN(C)c1ccc(C(=O)NCC(=O)O)cn1. The largest absolute Gasteiger partial charge is 0.480 e. The van der Waals surface area contributed by atoms with Gasteiger partial charge in [-0.05, 0) is 12.1 Å². The summed E-state index contributed by atoms with van der Waals surface area (Å²) in [6.45, 7) is -0.395. The van der Waals surface area contributed by atoms with Crippen molar-refractivity contribution < 1.29 is 14.7 Å². The second-order valence-electron chi connectivity index (χ2n) is 3.38. The number of rotatable bonds is 4. The van der Waals surface area contributed by atoms with E-state index < -0.39 is 18.4 Å². The summed E-state index contributed by atoms with van der Waals surface area (Å²) < 4.78 is 0. The Morgan fingerprint density at radius 1 is 1.44 bits per heavy atom. The van der Waals surface area contributed by atoms with Crippen molar-refractivity contribution in [2.24, 2.45) is 0 Å². The third kappa shape index (κ3) is 3.23. The van der Waals surface area contributed by atoms with Crippen LogP contribution in [0.3, 0.4) is 0 Å². The van der Waals surface area contributed by atoms with Crippen molar-refractivity contribution in [2.45, 2.75) is 0 Å². The summed E-state index contributed by atoms with van der Waals surface area (Å²) in [6.07, 6.45) is 1.41. The molecule has 0 aliphatic heterocycles. The first-order chi connectivity index (χ1) is 7.50. The maximum atomic E-state index is 11.4. The van der Waals surface area contributed by atoms with Gasteiger partial charge in [-0.1, -0.05) is 0 Å². The first-order valence-corrected chi connectivity index (χ1v) is 4.64. The van der Waals surface area contributed by atoms with Gasteiger partial charge in [0.25, 0.3) is 5.91 Å². The normalized spacial score (nSPS) is 9.62. The van der Waals surface area contributed by atoms with Crippen LogP contribution in [0.15, 0.2) is 18.3 Å². The van der Waals surface area contributed by atoms with Crippen LogP contribution in [0.2, 0.25) is 0 Å². The fourth-order valence-corrected chi connectivity index (χ4v) is 1.04. The molecule has 0 bridgehead atoms. The van der Waals surface area contributed by atoms with Gasteiger partial charge in [-0.25, -0.2) is 4.98 Å². The van der Waals surface area contributed by atoms with E-state index in [9.17, 15) is 9.59 Å². The summed E-state index contributed by atoms with van der Waals surface area (Å²) in [4.78, 5) is 27.5. The van der Waals surface area contributed by atoms with Gasteiger partial charge >= 0.3 is 5.97 Å². The Bertz CT molecular complexity index is 387. The first-order valence-electron chi connectivity index (χ1n) is 4.64. The van der Waals surface area contributed by atoms with Crippen LogP contribution in [-0.2, 0) is 4.79 Å². The van der Waals surface area contributed by atoms with Crippen molar-refractivity contribution in [2.75, 3.05) is 25.5 Å². The van der Waals surface area contributed by atoms with E-state index in [-0.39, 0.29) is 0 Å². The van der Waals surface area contributed by atoms with Crippen LogP contribution >= 0.6 is 0 Å². The van der Waals surface area contributed by atoms with E-state index >= 15 is 0 Å². The van der Waals surface area contributed by atoms with E-state index in [1.165, 1.54) is 6.20 Å². The molecule has 6 heteroatoms. The van der Waals surface area contributed by atoms with Crippen LogP contribution in [0.4, 0.5) is 5.82 Å². The zero-order valence-electron chi connectivity index (χ0n) is 9.10. The summed E-state index contributed by atoms with van der Waals surface area (Å²) >= 11 is 0. The molecule has 0 atom stereocenters. The predicted octanol–water partition coefficient (Wildman–Crippen LogP) is -0.0380. The topological polar surface area (TPSA) is 82.5 Å². The Balaban J connectivity index is 2.66. The summed E-state index contributed by atoms with van der Waals surface area (Å²) in [5.74, 6) is -0.791. The maximum absolute atomic E-state index is 11.4. The zero-order valence-corrected chi connectivity index (χ0v) is 9.10. The number of hydrogen-bond donors (Lipinski definition) is 2. The highest BCUT2D eigenvalue weighted by molar-refractivity contribution is 5.95. The van der Waals surface area contributed by atoms with Crippen LogP contribution < -0.4 is 10.2 Å². The van der Waals surface area contributed by atoms with E-state index in [0.717, 1.165) is 5.82 Å². The molecule has 6 nitrogen and oxygen atoms in total. The average molecular weight is 223 g/mol. The maximum Gasteiger partial charge on any atom is 0.322 e. The third-order valence-electron chi connectivity index (χ3n) is 1.87. The van der Waals surface area contributed by atoms with Crippen molar-refractivity contribution in [1.82, 2.24) is 10.3 Å². The number of amides is 1. The van der Waals surface area contributed by atoms with Gasteiger partial charge in [0, 0.05) is 20.3 Å². The highest BCUT2D eigenvalue weighted by Gasteiger charge is 2.07. The molecule has 0 aliphatic rings. The molecule has 0 unspecified atom stereocenters. The number of aromatic nitrogens is 1. The van der Waals surface area contributed by atoms with Gasteiger partial charge in [0.05, 0.1) is 5.56 Å². The molecular formula is C10H13N3O3. The van der Waals surface area contributed by atoms with E-state index in [0.29, 0.717) is 5.56 Å². The van der Waals surface area contributed by atoms with Crippen LogP contribution in [0.5, 0.6) is 0 Å². The smallest absolute Gasteiger partial charge is 0.322 e. The van der Waals surface area contributed by atoms with Crippen LogP contribution in [0.25, 0.3) is 0 Å². The summed E-state index contributed by atoms with van der Waals surface area (Å²) in [6, 6.07) is 3.29. The Morgan fingerprint density at radius 3 is 2.56 bits per heavy atom. The van der Waals surface area contributed by atoms with Gasteiger partial charge in [0.2, 0.25) is 0 Å². The minimum Gasteiger partial charge on any atom is -0.480 e. The molecule has 1 aromatic rings. The van der Waals surface area contributed by atoms with Crippen molar-refractivity contribution in [3.05, 3.63) is 23.9 Å². The molecular weight excluding hydrogens is 210 g/mol. The number of carbonyl (C=O) groups is 2. The molecule has 0 saturated carbocycles. The van der Waals surface area contributed by atoms with Crippen molar-refractivity contribution in [3.63, 3.8) is 0 Å². The molecule has 1 amide bonds. The van der Waals surface area contributed by atoms with Gasteiger partial charge in [0.1, 0.15) is 12.4 Å². The van der Waals surface area contributed by atoms with Crippen molar-refractivity contribution in [1.29, 1.82) is 0 Å². The third-order valence-corrected chi connectivity index (χ3v) is 1.87. The summed E-state index contributed by atoms with van der Waals surface area (Å²) in [5.41, 5.74) is 0.340. The Morgan fingerprint density at radius 2 is 2.12 bits per heavy atom. The number of aliphatic carboxylic acids is 1. The van der Waals surface area contributed by atoms with Gasteiger partial charge < -0.3 is 15.3 Å². The average Bonchev–Trinajstić information content (AvgIpc) is 2.26. The minimum absolute atomic E-state index is 0.340. The van der Waals surface area contributed by atoms with Gasteiger partial charge in [0.15, 0.2) is 0 Å². The van der Waals surface area contributed by atoms with E-state index in [1.807, 2.05) is 14.1 Å². The molecule has 0 radical (unpaired) electrons. The second-order valence-corrected chi connectivity index (χ2v) is 3.38. The lowest BCUT2D eigenvalue weighted by Gasteiger charge is -2.10. The number of carboxylic acids is 1. The summed E-state index contributed by atoms with van der Waals surface area (Å²) in [7, 11) is 3.68. The fraction of sp³-hybridized carbons (Fsp3) is 0.300. The molecule has 1 rings (SSSR count). The number of hydrogen-bond acceptors (Lipinski definition) is 4. The first kappa shape index (κ1) is 12.0. The standard InChI is InChI=1S/C10H13N3O3/c1-13(2)8-4-3-7(5-11-8)10(16)12-6-9(14)15/h3-5H,6H2,1-2H3,(H,12,16)(H,14,15). The lowest BCUT2D eigenvalue weighted by molar-refractivity contribution is -0.135. The number of carboxylic acid groups (broad SMARTS) is 1. The second kappa shape index (κ2) is 5.11. The van der Waals surface area contributed by atoms with E-state index in [2.05, 4.69) is 10.3 Å². The zero-order chi connectivity index (χ0) is 12.1. The van der Waals surface area contributed by atoms with Crippen LogP contribution in [-0.4, -0.2) is 42.6 Å². The molecule has 1 heterocycles. The van der Waals surface area contributed by atoms with Gasteiger partial charge in [-0.3, -0.25) is 9.59 Å². The number of nitrogens with one attached hydrogen (secondary N) is 1. The fourth-order valence-electron chi connectivity index (χ4n) is 1.04.